The largest absolute Gasteiger partial charge is 0.147 e. The van der Waals surface area contributed by atoms with Gasteiger partial charge < -0.3 is 0 Å². The minimum Gasteiger partial charge on any atom is -0.147 e. The van der Waals surface area contributed by atoms with Crippen LogP contribution in [0.1, 0.15) is 54.4 Å². The molecule has 0 nitrogen and oxygen atoms in total. The average Bonchev–Trinajstić information content (AvgIpc) is 2.97. The molecule has 4 heteroatoms. The zero-order valence-corrected chi connectivity index (χ0v) is 24.3. The van der Waals surface area contributed by atoms with Crippen molar-refractivity contribution in [3.05, 3.63) is 42.1 Å². The van der Waals surface area contributed by atoms with Crippen LogP contribution >= 0.6 is 24.8 Å². The summed E-state index contributed by atoms with van der Waals surface area (Å²) in [6, 6.07) is 0. The van der Waals surface area contributed by atoms with Crippen LogP contribution < -0.4 is 0 Å². The first-order chi connectivity index (χ1) is 9.74. The van der Waals surface area contributed by atoms with Crippen molar-refractivity contribution in [2.45, 2.75) is 63.7 Å². The van der Waals surface area contributed by atoms with Gasteiger partial charge >= 0.3 is 142 Å². The summed E-state index contributed by atoms with van der Waals surface area (Å²) in [7, 11) is 1.36. The van der Waals surface area contributed by atoms with Gasteiger partial charge in [-0.15, -0.1) is 24.8 Å². The van der Waals surface area contributed by atoms with Crippen molar-refractivity contribution in [1.29, 1.82) is 0 Å². The van der Waals surface area contributed by atoms with Crippen LogP contribution in [0.2, 0.25) is 9.36 Å². The van der Waals surface area contributed by atoms with Gasteiger partial charge in [-0.05, 0) is 0 Å². The van der Waals surface area contributed by atoms with Gasteiger partial charge in [0.05, 0.1) is 0 Å². The fourth-order valence-electron chi connectivity index (χ4n) is 4.25. The Hall–Kier alpha value is 0.627. The number of allylic oxidation sites excluding steroid dienone is 8. The fraction of sp³-hybridized carbons (Fsp3) is 0.600. The summed E-state index contributed by atoms with van der Waals surface area (Å²) in [5.74, 6) is 0. The molecule has 0 saturated heterocycles. The van der Waals surface area contributed by atoms with Crippen LogP contribution in [0.3, 0.4) is 0 Å². The molecule has 2 rings (SSSR count). The molecular formula is C20H37Cl2HfSi. The van der Waals surface area contributed by atoms with E-state index in [1.807, 2.05) is 6.66 Å². The molecule has 0 amide bonds. The van der Waals surface area contributed by atoms with Gasteiger partial charge in [-0.25, -0.2) is 0 Å². The van der Waals surface area contributed by atoms with Crippen LogP contribution in [-0.2, 0) is 17.7 Å². The van der Waals surface area contributed by atoms with Gasteiger partial charge in [-0.3, -0.25) is 0 Å². The number of rotatable bonds is 2. The van der Waals surface area contributed by atoms with Crippen molar-refractivity contribution in [3.63, 3.8) is 0 Å². The van der Waals surface area contributed by atoms with Crippen LogP contribution in [0.15, 0.2) is 42.1 Å². The van der Waals surface area contributed by atoms with E-state index in [0.717, 1.165) is 0 Å². The Balaban J connectivity index is 0.00000264. The van der Waals surface area contributed by atoms with Gasteiger partial charge in [0.2, 0.25) is 0 Å². The summed E-state index contributed by atoms with van der Waals surface area (Å²) in [4.78, 5) is 0. The molecule has 0 aromatic heterocycles. The summed E-state index contributed by atoms with van der Waals surface area (Å²) in [5.41, 5.74) is 3.89. The summed E-state index contributed by atoms with van der Waals surface area (Å²) < 4.78 is 9.23. The van der Waals surface area contributed by atoms with E-state index in [0.29, 0.717) is 0 Å². The second-order valence-corrected chi connectivity index (χ2v) is 62.0. The summed E-state index contributed by atoms with van der Waals surface area (Å²) in [6.07, 6.45) is 12.2. The Morgan fingerprint density at radius 1 is 0.750 bits per heavy atom. The van der Waals surface area contributed by atoms with E-state index in [-0.39, 0.29) is 35.6 Å². The molecule has 0 aromatic carbocycles. The molecule has 0 atom stereocenters. The monoisotopic (exact) mass is 555 g/mol. The number of halogens is 2. The molecule has 0 aromatic rings. The zero-order valence-electron chi connectivity index (χ0n) is 17.0. The van der Waals surface area contributed by atoms with Gasteiger partial charge in [0.15, 0.2) is 0 Å². The van der Waals surface area contributed by atoms with Crippen molar-refractivity contribution < 1.29 is 17.7 Å². The fourth-order valence-corrected chi connectivity index (χ4v) is 29.4. The average molecular weight is 555 g/mol. The van der Waals surface area contributed by atoms with E-state index in [2.05, 4.69) is 75.2 Å². The molecule has 2 aliphatic rings. The van der Waals surface area contributed by atoms with Gasteiger partial charge in [0.1, 0.15) is 0 Å². The molecule has 0 spiro atoms. The third kappa shape index (κ3) is 4.48. The normalized spacial score (nSPS) is 20.1. The smallest absolute Gasteiger partial charge is 0.147 e. The Morgan fingerprint density at radius 2 is 1.04 bits per heavy atom. The molecular weight excluding hydrogens is 518 g/mol. The van der Waals surface area contributed by atoms with Crippen LogP contribution in [0.4, 0.5) is 0 Å². The first kappa shape index (κ1) is 24.6. The maximum Gasteiger partial charge on any atom is -0.147 e. The topological polar surface area (TPSA) is 0 Å². The van der Waals surface area contributed by atoms with Crippen molar-refractivity contribution in [3.8, 4) is 0 Å². The summed E-state index contributed by atoms with van der Waals surface area (Å²) >= 11 is -3.08. The van der Waals surface area contributed by atoms with E-state index in [4.69, 9.17) is 0 Å². The van der Waals surface area contributed by atoms with Crippen LogP contribution in [-0.4, -0.2) is 7.43 Å². The van der Waals surface area contributed by atoms with Crippen LogP contribution in [0, 0.1) is 10.8 Å². The maximum atomic E-state index is 2.73. The van der Waals surface area contributed by atoms with Gasteiger partial charge in [0, 0.05) is 0 Å². The Morgan fingerprint density at radius 3 is 1.29 bits per heavy atom. The van der Waals surface area contributed by atoms with E-state index in [1.165, 1.54) is 20.3 Å². The molecule has 0 saturated carbocycles. The molecule has 24 heavy (non-hydrogen) atoms. The van der Waals surface area contributed by atoms with Crippen molar-refractivity contribution >= 4 is 32.2 Å². The van der Waals surface area contributed by atoms with E-state index < -0.39 is 17.7 Å². The summed E-state index contributed by atoms with van der Waals surface area (Å²) in [5, 5.41) is 0. The standard InChI is InChI=1S/2C9H13.2CH3.2ClH.Hf.H3Si/c2*1-9(2,3)8-6-4-5-7-8;;;;;;/h2*4,6H,5H2,1-3H3;2*1H3;2*1H;;1H3. The number of hydrogen-bond donors (Lipinski definition) is 0. The van der Waals surface area contributed by atoms with Gasteiger partial charge in [-0.1, -0.05) is 0 Å². The second kappa shape index (κ2) is 7.33. The number of hydrogen-bond acceptors (Lipinski definition) is 0. The molecule has 139 valence electrons. The van der Waals surface area contributed by atoms with Crippen molar-refractivity contribution in [2.75, 3.05) is 0 Å². The SMILES string of the molecule is CC(C)(C)C1=[C]([Hf]([CH3])([CH3])([SiH3])[C]2=C(C(C)(C)C)C=CC2)CC=C1.Cl.Cl. The molecule has 2 aliphatic carbocycles. The molecule has 0 aliphatic heterocycles. The maximum absolute atomic E-state index is 3.08. The van der Waals surface area contributed by atoms with Crippen molar-refractivity contribution in [2.24, 2.45) is 10.8 Å². The minimum atomic E-state index is -3.08. The van der Waals surface area contributed by atoms with E-state index in [1.54, 1.807) is 11.1 Å². The first-order valence-electron chi connectivity index (χ1n) is 8.77. The molecule has 0 bridgehead atoms. The quantitative estimate of drug-likeness (QED) is 0.346. The molecule has 0 radical (unpaired) electrons. The van der Waals surface area contributed by atoms with E-state index >= 15 is 0 Å². The third-order valence-corrected chi connectivity index (χ3v) is 34.1. The zero-order chi connectivity index (χ0) is 17.0. The molecule has 0 heterocycles. The van der Waals surface area contributed by atoms with Gasteiger partial charge in [0.25, 0.3) is 0 Å². The Bertz CT molecular complexity index is 563. The van der Waals surface area contributed by atoms with Crippen LogP contribution in [0.5, 0.6) is 0 Å². The molecule has 0 fully saturated rings. The predicted molar refractivity (Wildman–Crippen MR) is 117 cm³/mol. The minimum absolute atomic E-state index is 0. The molecule has 0 N–H and O–H groups in total. The van der Waals surface area contributed by atoms with Crippen LogP contribution in [0.25, 0.3) is 0 Å². The predicted octanol–water partition coefficient (Wildman–Crippen LogP) is 6.42. The second-order valence-electron chi connectivity index (χ2n) is 10.6. The third-order valence-electron chi connectivity index (χ3n) is 5.59. The molecule has 0 unspecified atom stereocenters. The van der Waals surface area contributed by atoms with E-state index in [9.17, 15) is 0 Å². The summed E-state index contributed by atoms with van der Waals surface area (Å²) in [6.45, 7) is 14.3. The first-order valence-corrected chi connectivity index (χ1v) is 31.3. The van der Waals surface area contributed by atoms with Crippen molar-refractivity contribution in [1.82, 2.24) is 0 Å². The Kier molecular flexibility index (Phi) is 7.52. The Labute approximate surface area is 165 Å². The van der Waals surface area contributed by atoms with Gasteiger partial charge in [-0.2, -0.15) is 0 Å².